The predicted octanol–water partition coefficient (Wildman–Crippen LogP) is 1.49. The molecule has 0 aromatic heterocycles. The Bertz CT molecular complexity index is 272. The van der Waals surface area contributed by atoms with Crippen molar-refractivity contribution in [1.82, 2.24) is 5.32 Å². The summed E-state index contributed by atoms with van der Waals surface area (Å²) < 4.78 is 0. The molecule has 0 heterocycles. The van der Waals surface area contributed by atoms with Gasteiger partial charge in [-0.2, -0.15) is 0 Å². The number of rotatable bonds is 6. The Morgan fingerprint density at radius 2 is 1.93 bits per heavy atom. The molecule has 0 atom stereocenters. The lowest BCUT2D eigenvalue weighted by Crippen LogP contribution is -2.22. The molecule has 0 radical (unpaired) electrons. The molecule has 0 unspecified atom stereocenters. The highest BCUT2D eigenvalue weighted by molar-refractivity contribution is 7.80. The van der Waals surface area contributed by atoms with Gasteiger partial charge in [0.15, 0.2) is 0 Å². The monoisotopic (exact) mass is 208 g/mol. The molecule has 0 saturated heterocycles. The Morgan fingerprint density at radius 1 is 1.21 bits per heavy atom. The Hall–Kier alpha value is -0.930. The maximum Gasteiger partial charge on any atom is 0.0740 e. The smallest absolute Gasteiger partial charge is 0.0740 e. The molecule has 0 aliphatic carbocycles. The Labute approximate surface area is 90.5 Å². The van der Waals surface area contributed by atoms with Crippen LogP contribution in [0.15, 0.2) is 30.3 Å². The fourth-order valence-corrected chi connectivity index (χ4v) is 1.32. The minimum Gasteiger partial charge on any atom is -0.393 e. The molecular formula is C11H16N2S. The topological polar surface area (TPSA) is 38.0 Å². The predicted molar refractivity (Wildman–Crippen MR) is 64.4 cm³/mol. The molecule has 0 fully saturated rings. The second kappa shape index (κ2) is 6.51. The average molecular weight is 208 g/mol. The minimum absolute atomic E-state index is 0.581. The summed E-state index contributed by atoms with van der Waals surface area (Å²) in [5.74, 6) is 0. The summed E-state index contributed by atoms with van der Waals surface area (Å²) in [6.45, 7) is 1.86. The van der Waals surface area contributed by atoms with Gasteiger partial charge in [0.1, 0.15) is 0 Å². The number of benzene rings is 1. The van der Waals surface area contributed by atoms with E-state index >= 15 is 0 Å². The van der Waals surface area contributed by atoms with Crippen molar-refractivity contribution < 1.29 is 0 Å². The lowest BCUT2D eigenvalue weighted by Gasteiger charge is -2.03. The van der Waals surface area contributed by atoms with E-state index < -0.39 is 0 Å². The normalized spacial score (nSPS) is 10.0. The van der Waals surface area contributed by atoms with Crippen molar-refractivity contribution in [2.75, 3.05) is 13.1 Å². The molecule has 0 amide bonds. The fourth-order valence-electron chi connectivity index (χ4n) is 1.21. The second-order valence-corrected chi connectivity index (χ2v) is 3.73. The molecule has 14 heavy (non-hydrogen) atoms. The molecule has 3 heteroatoms. The molecule has 0 bridgehead atoms. The SMILES string of the molecule is NC(=S)CCNCCc1ccccc1. The molecule has 1 aromatic carbocycles. The second-order valence-electron chi connectivity index (χ2n) is 3.20. The molecular weight excluding hydrogens is 192 g/mol. The first kappa shape index (κ1) is 11.1. The molecule has 0 aliphatic rings. The van der Waals surface area contributed by atoms with Crippen molar-refractivity contribution >= 4 is 17.2 Å². The fraction of sp³-hybridized carbons (Fsp3) is 0.364. The largest absolute Gasteiger partial charge is 0.393 e. The van der Waals surface area contributed by atoms with Gasteiger partial charge in [0, 0.05) is 13.0 Å². The summed E-state index contributed by atoms with van der Waals surface area (Å²) in [4.78, 5) is 0.581. The van der Waals surface area contributed by atoms with Crippen LogP contribution in [0, 0.1) is 0 Å². The highest BCUT2D eigenvalue weighted by Crippen LogP contribution is 1.97. The zero-order valence-corrected chi connectivity index (χ0v) is 9.02. The average Bonchev–Trinajstić information content (AvgIpc) is 2.18. The van der Waals surface area contributed by atoms with Crippen LogP contribution in [-0.4, -0.2) is 18.1 Å². The molecule has 0 spiro atoms. The van der Waals surface area contributed by atoms with Crippen molar-refractivity contribution in [2.24, 2.45) is 5.73 Å². The van der Waals surface area contributed by atoms with Crippen LogP contribution in [0.25, 0.3) is 0 Å². The summed E-state index contributed by atoms with van der Waals surface area (Å²) in [6.07, 6.45) is 1.84. The Kier molecular flexibility index (Phi) is 5.19. The van der Waals surface area contributed by atoms with Crippen molar-refractivity contribution in [2.45, 2.75) is 12.8 Å². The van der Waals surface area contributed by atoms with Crippen LogP contribution in [0.5, 0.6) is 0 Å². The molecule has 1 rings (SSSR count). The number of hydrogen-bond donors (Lipinski definition) is 2. The third kappa shape index (κ3) is 4.94. The van der Waals surface area contributed by atoms with E-state index in [1.165, 1.54) is 5.56 Å². The summed E-state index contributed by atoms with van der Waals surface area (Å²) >= 11 is 4.78. The van der Waals surface area contributed by atoms with Gasteiger partial charge in [-0.25, -0.2) is 0 Å². The van der Waals surface area contributed by atoms with Crippen LogP contribution in [-0.2, 0) is 6.42 Å². The van der Waals surface area contributed by atoms with Crippen molar-refractivity contribution in [1.29, 1.82) is 0 Å². The first-order valence-electron chi connectivity index (χ1n) is 4.82. The third-order valence-corrected chi connectivity index (χ3v) is 2.19. The van der Waals surface area contributed by atoms with Crippen LogP contribution < -0.4 is 11.1 Å². The minimum atomic E-state index is 0.581. The quantitative estimate of drug-likeness (QED) is 0.549. The van der Waals surface area contributed by atoms with Gasteiger partial charge in [0.2, 0.25) is 0 Å². The zero-order valence-electron chi connectivity index (χ0n) is 8.20. The van der Waals surface area contributed by atoms with E-state index in [-0.39, 0.29) is 0 Å². The van der Waals surface area contributed by atoms with E-state index in [9.17, 15) is 0 Å². The lowest BCUT2D eigenvalue weighted by atomic mass is 10.1. The van der Waals surface area contributed by atoms with Crippen LogP contribution in [0.3, 0.4) is 0 Å². The van der Waals surface area contributed by atoms with E-state index in [4.69, 9.17) is 18.0 Å². The van der Waals surface area contributed by atoms with Crippen LogP contribution in [0.1, 0.15) is 12.0 Å². The number of nitrogens with one attached hydrogen (secondary N) is 1. The van der Waals surface area contributed by atoms with Gasteiger partial charge in [0.05, 0.1) is 4.99 Å². The Balaban J connectivity index is 2.08. The Morgan fingerprint density at radius 3 is 2.57 bits per heavy atom. The third-order valence-electron chi connectivity index (χ3n) is 1.98. The summed E-state index contributed by atoms with van der Waals surface area (Å²) in [7, 11) is 0. The zero-order chi connectivity index (χ0) is 10.2. The molecule has 2 nitrogen and oxygen atoms in total. The van der Waals surface area contributed by atoms with Gasteiger partial charge in [-0.3, -0.25) is 0 Å². The van der Waals surface area contributed by atoms with Crippen molar-refractivity contribution in [3.63, 3.8) is 0 Å². The van der Waals surface area contributed by atoms with Crippen LogP contribution >= 0.6 is 12.2 Å². The van der Waals surface area contributed by atoms with Crippen LogP contribution in [0.4, 0.5) is 0 Å². The van der Waals surface area contributed by atoms with E-state index in [0.717, 1.165) is 25.9 Å². The summed E-state index contributed by atoms with van der Waals surface area (Å²) in [5, 5.41) is 3.30. The number of hydrogen-bond acceptors (Lipinski definition) is 2. The van der Waals surface area contributed by atoms with Gasteiger partial charge in [-0.15, -0.1) is 0 Å². The molecule has 1 aromatic rings. The molecule has 0 aliphatic heterocycles. The molecule has 0 saturated carbocycles. The van der Waals surface area contributed by atoms with E-state index in [1.54, 1.807) is 0 Å². The van der Waals surface area contributed by atoms with Crippen molar-refractivity contribution in [3.8, 4) is 0 Å². The highest BCUT2D eigenvalue weighted by atomic mass is 32.1. The van der Waals surface area contributed by atoms with Gasteiger partial charge in [-0.05, 0) is 18.5 Å². The summed E-state index contributed by atoms with van der Waals surface area (Å²) in [5.41, 5.74) is 6.73. The highest BCUT2D eigenvalue weighted by Gasteiger charge is 1.92. The maximum absolute atomic E-state index is 5.38. The lowest BCUT2D eigenvalue weighted by molar-refractivity contribution is 0.698. The number of thiocarbonyl (C=S) groups is 1. The van der Waals surface area contributed by atoms with E-state index in [2.05, 4.69) is 29.6 Å². The van der Waals surface area contributed by atoms with Crippen molar-refractivity contribution in [3.05, 3.63) is 35.9 Å². The maximum atomic E-state index is 5.38. The van der Waals surface area contributed by atoms with Gasteiger partial charge >= 0.3 is 0 Å². The van der Waals surface area contributed by atoms with E-state index in [1.807, 2.05) is 6.07 Å². The first-order chi connectivity index (χ1) is 6.79. The van der Waals surface area contributed by atoms with Crippen LogP contribution in [0.2, 0.25) is 0 Å². The standard InChI is InChI=1S/C11H16N2S/c12-11(14)7-9-13-8-6-10-4-2-1-3-5-10/h1-5,13H,6-9H2,(H2,12,14). The molecule has 3 N–H and O–H groups in total. The van der Waals surface area contributed by atoms with E-state index in [0.29, 0.717) is 4.99 Å². The van der Waals surface area contributed by atoms with Gasteiger partial charge in [-0.1, -0.05) is 42.5 Å². The van der Waals surface area contributed by atoms with Gasteiger partial charge < -0.3 is 11.1 Å². The molecule has 76 valence electrons. The van der Waals surface area contributed by atoms with Gasteiger partial charge in [0.25, 0.3) is 0 Å². The first-order valence-corrected chi connectivity index (χ1v) is 5.23. The summed E-state index contributed by atoms with van der Waals surface area (Å²) in [6, 6.07) is 10.4. The number of nitrogens with two attached hydrogens (primary N) is 1.